The van der Waals surface area contributed by atoms with Crippen LogP contribution < -0.4 is 10.6 Å². The van der Waals surface area contributed by atoms with E-state index in [1.54, 1.807) is 18.2 Å². The van der Waals surface area contributed by atoms with Gasteiger partial charge in [-0.1, -0.05) is 23.7 Å². The Kier molecular flexibility index (Phi) is 5.34. The lowest BCUT2D eigenvalue weighted by Crippen LogP contribution is -2.37. The van der Waals surface area contributed by atoms with Gasteiger partial charge in [-0.2, -0.15) is 0 Å². The third-order valence-electron chi connectivity index (χ3n) is 4.49. The van der Waals surface area contributed by atoms with Gasteiger partial charge in [0, 0.05) is 27.0 Å². The van der Waals surface area contributed by atoms with Crippen LogP contribution in [0.25, 0.3) is 0 Å². The van der Waals surface area contributed by atoms with Crippen molar-refractivity contribution in [3.8, 4) is 0 Å². The molecule has 2 aromatic rings. The zero-order chi connectivity index (χ0) is 19.0. The molecule has 2 aliphatic rings. The SMILES string of the molecule is O=C(C[C@@H]1Sc2ccc(Cl)cc2NC1=O)N[C@H]1CCSc2c(F)cccc21. The lowest BCUT2D eigenvalue weighted by Gasteiger charge is -2.28. The van der Waals surface area contributed by atoms with Crippen LogP contribution in [0, 0.1) is 5.82 Å². The molecule has 0 spiro atoms. The second kappa shape index (κ2) is 7.73. The van der Waals surface area contributed by atoms with Gasteiger partial charge in [-0.3, -0.25) is 9.59 Å². The first-order valence-electron chi connectivity index (χ1n) is 8.49. The van der Waals surface area contributed by atoms with Crippen LogP contribution in [0.3, 0.4) is 0 Å². The van der Waals surface area contributed by atoms with Gasteiger partial charge in [-0.25, -0.2) is 4.39 Å². The number of thioether (sulfide) groups is 2. The molecule has 2 heterocycles. The minimum atomic E-state index is -0.511. The predicted octanol–water partition coefficient (Wildman–Crippen LogP) is 4.64. The molecule has 0 saturated heterocycles. The third kappa shape index (κ3) is 3.95. The largest absolute Gasteiger partial charge is 0.349 e. The van der Waals surface area contributed by atoms with Gasteiger partial charge in [-0.15, -0.1) is 23.5 Å². The Morgan fingerprint density at radius 1 is 1.33 bits per heavy atom. The van der Waals surface area contributed by atoms with Crippen LogP contribution in [0.4, 0.5) is 10.1 Å². The maximum absolute atomic E-state index is 14.0. The minimum Gasteiger partial charge on any atom is -0.349 e. The summed E-state index contributed by atoms with van der Waals surface area (Å²) in [6.07, 6.45) is 0.797. The zero-order valence-corrected chi connectivity index (χ0v) is 16.5. The van der Waals surface area contributed by atoms with E-state index in [9.17, 15) is 14.0 Å². The molecule has 0 bridgehead atoms. The first kappa shape index (κ1) is 18.7. The Bertz CT molecular complexity index is 925. The van der Waals surface area contributed by atoms with E-state index in [0.717, 1.165) is 22.6 Å². The van der Waals surface area contributed by atoms with Crippen LogP contribution in [0.5, 0.6) is 0 Å². The van der Waals surface area contributed by atoms with E-state index in [4.69, 9.17) is 11.6 Å². The number of benzene rings is 2. The van der Waals surface area contributed by atoms with E-state index >= 15 is 0 Å². The van der Waals surface area contributed by atoms with Crippen molar-refractivity contribution in [2.45, 2.75) is 33.9 Å². The van der Waals surface area contributed by atoms with Crippen molar-refractivity contribution < 1.29 is 14.0 Å². The standard InChI is InChI=1S/C19H16ClFN2O2S2/c20-10-4-5-15-14(8-10)23-19(25)16(27-15)9-17(24)22-13-6-7-26-18-11(13)2-1-3-12(18)21/h1-5,8,13,16H,6-7,9H2,(H,22,24)(H,23,25)/t13-,16-/m0/s1. The fourth-order valence-corrected chi connectivity index (χ4v) is 5.62. The predicted molar refractivity (Wildman–Crippen MR) is 107 cm³/mol. The number of amides is 2. The molecule has 8 heteroatoms. The number of nitrogens with one attached hydrogen (secondary N) is 2. The van der Waals surface area contributed by atoms with Gasteiger partial charge in [0.2, 0.25) is 11.8 Å². The summed E-state index contributed by atoms with van der Waals surface area (Å²) >= 11 is 8.78. The molecule has 2 amide bonds. The number of anilines is 1. The highest BCUT2D eigenvalue weighted by Crippen LogP contribution is 2.40. The summed E-state index contributed by atoms with van der Waals surface area (Å²) < 4.78 is 14.0. The molecule has 0 aromatic heterocycles. The summed E-state index contributed by atoms with van der Waals surface area (Å²) in [7, 11) is 0. The molecular formula is C19H16ClFN2O2S2. The van der Waals surface area contributed by atoms with Crippen molar-refractivity contribution >= 4 is 52.6 Å². The molecule has 0 saturated carbocycles. The van der Waals surface area contributed by atoms with Gasteiger partial charge < -0.3 is 10.6 Å². The molecule has 140 valence electrons. The Morgan fingerprint density at radius 2 is 2.19 bits per heavy atom. The number of hydrogen-bond donors (Lipinski definition) is 2. The van der Waals surface area contributed by atoms with Gasteiger partial charge in [0.25, 0.3) is 0 Å². The number of hydrogen-bond acceptors (Lipinski definition) is 4. The summed E-state index contributed by atoms with van der Waals surface area (Å²) in [4.78, 5) is 26.4. The number of rotatable bonds is 3. The molecule has 0 fully saturated rings. The Morgan fingerprint density at radius 3 is 3.04 bits per heavy atom. The van der Waals surface area contributed by atoms with Crippen molar-refractivity contribution in [3.05, 3.63) is 52.8 Å². The normalized spacial score (nSPS) is 21.0. The van der Waals surface area contributed by atoms with Gasteiger partial charge >= 0.3 is 0 Å². The first-order chi connectivity index (χ1) is 13.0. The second-order valence-electron chi connectivity index (χ2n) is 6.36. The van der Waals surface area contributed by atoms with Crippen LogP contribution in [-0.2, 0) is 9.59 Å². The second-order valence-corrected chi connectivity index (χ2v) is 9.14. The van der Waals surface area contributed by atoms with Crippen LogP contribution in [-0.4, -0.2) is 22.8 Å². The van der Waals surface area contributed by atoms with E-state index in [-0.39, 0.29) is 30.1 Å². The van der Waals surface area contributed by atoms with E-state index < -0.39 is 5.25 Å². The molecule has 4 nitrogen and oxygen atoms in total. The highest BCUT2D eigenvalue weighted by atomic mass is 35.5. The van der Waals surface area contributed by atoms with Crippen molar-refractivity contribution in [1.29, 1.82) is 0 Å². The van der Waals surface area contributed by atoms with Crippen molar-refractivity contribution in [1.82, 2.24) is 5.32 Å². The number of carbonyl (C=O) groups is 2. The molecule has 27 heavy (non-hydrogen) atoms. The average molecular weight is 423 g/mol. The summed E-state index contributed by atoms with van der Waals surface area (Å²) in [5.74, 6) is 0.0581. The number of fused-ring (bicyclic) bond motifs is 2. The summed E-state index contributed by atoms with van der Waals surface area (Å²) in [6.45, 7) is 0. The molecule has 4 rings (SSSR count). The summed E-state index contributed by atoms with van der Waals surface area (Å²) in [5, 5.41) is 5.81. The summed E-state index contributed by atoms with van der Waals surface area (Å²) in [6, 6.07) is 10.00. The van der Waals surface area contributed by atoms with Crippen molar-refractivity contribution in [2.24, 2.45) is 0 Å². The molecule has 2 aromatic carbocycles. The van der Waals surface area contributed by atoms with E-state index in [0.29, 0.717) is 15.6 Å². The molecule has 2 N–H and O–H groups in total. The van der Waals surface area contributed by atoms with Crippen LogP contribution in [0.2, 0.25) is 5.02 Å². The topological polar surface area (TPSA) is 58.2 Å². The van der Waals surface area contributed by atoms with Crippen LogP contribution in [0.15, 0.2) is 46.2 Å². The van der Waals surface area contributed by atoms with E-state index in [1.165, 1.54) is 29.6 Å². The van der Waals surface area contributed by atoms with Gasteiger partial charge in [0.1, 0.15) is 5.82 Å². The third-order valence-corrected chi connectivity index (χ3v) is 7.16. The first-order valence-corrected chi connectivity index (χ1v) is 10.7. The Hall–Kier alpha value is -1.70. The molecule has 0 aliphatic carbocycles. The maximum atomic E-state index is 14.0. The molecular weight excluding hydrogens is 407 g/mol. The van der Waals surface area contributed by atoms with Gasteiger partial charge in [-0.05, 0) is 36.2 Å². The maximum Gasteiger partial charge on any atom is 0.238 e. The zero-order valence-electron chi connectivity index (χ0n) is 14.1. The molecule has 2 atom stereocenters. The smallest absolute Gasteiger partial charge is 0.238 e. The number of halogens is 2. The van der Waals surface area contributed by atoms with Crippen molar-refractivity contribution in [2.75, 3.05) is 11.1 Å². The Balaban J connectivity index is 1.44. The van der Waals surface area contributed by atoms with Crippen LogP contribution >= 0.6 is 35.1 Å². The average Bonchev–Trinajstić information content (AvgIpc) is 2.63. The highest BCUT2D eigenvalue weighted by Gasteiger charge is 2.31. The fraction of sp³-hybridized carbons (Fsp3) is 0.263. The van der Waals surface area contributed by atoms with Crippen molar-refractivity contribution in [3.63, 3.8) is 0 Å². The molecule has 0 radical (unpaired) electrons. The summed E-state index contributed by atoms with van der Waals surface area (Å²) in [5.41, 5.74) is 1.48. The molecule has 2 aliphatic heterocycles. The Labute approximate surface area is 169 Å². The highest BCUT2D eigenvalue weighted by molar-refractivity contribution is 8.01. The monoisotopic (exact) mass is 422 g/mol. The number of carbonyl (C=O) groups excluding carboxylic acids is 2. The fourth-order valence-electron chi connectivity index (χ4n) is 3.22. The van der Waals surface area contributed by atoms with E-state index in [2.05, 4.69) is 10.6 Å². The van der Waals surface area contributed by atoms with E-state index in [1.807, 2.05) is 12.1 Å². The minimum absolute atomic E-state index is 0.0624. The van der Waals surface area contributed by atoms with Gasteiger partial charge in [0.05, 0.1) is 17.0 Å². The lowest BCUT2D eigenvalue weighted by molar-refractivity contribution is -0.124. The quantitative estimate of drug-likeness (QED) is 0.756. The lowest BCUT2D eigenvalue weighted by atomic mass is 10.0. The van der Waals surface area contributed by atoms with Gasteiger partial charge in [0.15, 0.2) is 0 Å². The molecule has 0 unspecified atom stereocenters. The van der Waals surface area contributed by atoms with Crippen LogP contribution in [0.1, 0.15) is 24.4 Å².